The van der Waals surface area contributed by atoms with Crippen molar-refractivity contribution in [2.24, 2.45) is 10.9 Å². The molecule has 0 aliphatic carbocycles. The Labute approximate surface area is 156 Å². The zero-order valence-electron chi connectivity index (χ0n) is 13.8. The van der Waals surface area contributed by atoms with Gasteiger partial charge in [-0.15, -0.1) is 30.6 Å². The fourth-order valence-corrected chi connectivity index (χ4v) is 1.67. The predicted molar refractivity (Wildman–Crippen MR) is 107 cm³/mol. The normalized spacial score (nSPS) is 10.7. The molecule has 5 nitrogen and oxygen atoms in total. The van der Waals surface area contributed by atoms with Crippen molar-refractivity contribution in [1.29, 1.82) is 0 Å². The summed E-state index contributed by atoms with van der Waals surface area (Å²) in [6, 6.07) is 10.1. The van der Waals surface area contributed by atoms with E-state index in [1.54, 1.807) is 6.08 Å². The standard InChI is InChI=1S/C17H26N4O.HI/c1-4-10-19-17(20-12-11-18-16(22)14(2)3)21-13-15-8-6-5-7-9-15;/h4-9,14H,1,10-13H2,2-3H3,(H,18,22)(H2,19,20,21);1H. The molecule has 0 fully saturated rings. The van der Waals surface area contributed by atoms with Gasteiger partial charge in [0.2, 0.25) is 5.91 Å². The number of nitrogens with one attached hydrogen (secondary N) is 3. The topological polar surface area (TPSA) is 65.5 Å². The molecule has 0 unspecified atom stereocenters. The van der Waals surface area contributed by atoms with Crippen LogP contribution in [0.4, 0.5) is 0 Å². The van der Waals surface area contributed by atoms with Crippen molar-refractivity contribution < 1.29 is 4.79 Å². The molecule has 23 heavy (non-hydrogen) atoms. The monoisotopic (exact) mass is 430 g/mol. The van der Waals surface area contributed by atoms with E-state index in [0.717, 1.165) is 5.56 Å². The summed E-state index contributed by atoms with van der Waals surface area (Å²) in [4.78, 5) is 16.0. The van der Waals surface area contributed by atoms with E-state index in [1.807, 2.05) is 44.2 Å². The SMILES string of the molecule is C=CCNC(=NCc1ccccc1)NCCNC(=O)C(C)C.I. The molecule has 1 aromatic rings. The molecule has 128 valence electrons. The van der Waals surface area contributed by atoms with Crippen LogP contribution in [-0.4, -0.2) is 31.5 Å². The molecule has 3 N–H and O–H groups in total. The summed E-state index contributed by atoms with van der Waals surface area (Å²) in [5.74, 6) is 0.774. The first-order valence-electron chi connectivity index (χ1n) is 7.58. The lowest BCUT2D eigenvalue weighted by Crippen LogP contribution is -2.42. The minimum absolute atomic E-state index is 0. The first-order chi connectivity index (χ1) is 10.6. The van der Waals surface area contributed by atoms with E-state index >= 15 is 0 Å². The molecule has 0 saturated heterocycles. The van der Waals surface area contributed by atoms with E-state index in [1.165, 1.54) is 0 Å². The van der Waals surface area contributed by atoms with Gasteiger partial charge in [-0.1, -0.05) is 50.3 Å². The number of nitrogens with zero attached hydrogens (tertiary/aromatic N) is 1. The highest BCUT2D eigenvalue weighted by molar-refractivity contribution is 14.0. The molecule has 1 amide bonds. The molecule has 0 aliphatic rings. The Bertz CT molecular complexity index is 489. The zero-order valence-corrected chi connectivity index (χ0v) is 16.2. The molecule has 0 aliphatic heterocycles. The highest BCUT2D eigenvalue weighted by Gasteiger charge is 2.05. The number of halogens is 1. The number of carbonyl (C=O) groups excluding carboxylic acids is 1. The molecule has 0 aromatic heterocycles. The van der Waals surface area contributed by atoms with Gasteiger partial charge in [0.25, 0.3) is 0 Å². The molecule has 0 radical (unpaired) electrons. The minimum Gasteiger partial charge on any atom is -0.355 e. The maximum atomic E-state index is 11.5. The first kappa shape index (κ1) is 21.4. The van der Waals surface area contributed by atoms with E-state index in [9.17, 15) is 4.79 Å². The van der Waals surface area contributed by atoms with Gasteiger partial charge in [0, 0.05) is 25.6 Å². The Kier molecular flexibility index (Phi) is 12.0. The van der Waals surface area contributed by atoms with Crippen LogP contribution in [-0.2, 0) is 11.3 Å². The third kappa shape index (κ3) is 9.93. The van der Waals surface area contributed by atoms with Crippen LogP contribution in [0.1, 0.15) is 19.4 Å². The minimum atomic E-state index is 0. The Morgan fingerprint density at radius 3 is 2.43 bits per heavy atom. The van der Waals surface area contributed by atoms with Crippen LogP contribution in [0, 0.1) is 5.92 Å². The molecular weight excluding hydrogens is 403 g/mol. The van der Waals surface area contributed by atoms with Gasteiger partial charge in [0.05, 0.1) is 6.54 Å². The maximum Gasteiger partial charge on any atom is 0.222 e. The summed E-state index contributed by atoms with van der Waals surface area (Å²) >= 11 is 0. The van der Waals surface area contributed by atoms with Crippen LogP contribution in [0.25, 0.3) is 0 Å². The average molecular weight is 430 g/mol. The van der Waals surface area contributed by atoms with Crippen molar-refractivity contribution >= 4 is 35.8 Å². The van der Waals surface area contributed by atoms with Crippen molar-refractivity contribution in [3.05, 3.63) is 48.6 Å². The second kappa shape index (κ2) is 12.9. The third-order valence-electron chi connectivity index (χ3n) is 2.92. The van der Waals surface area contributed by atoms with Crippen molar-refractivity contribution in [2.75, 3.05) is 19.6 Å². The number of hydrogen-bond donors (Lipinski definition) is 3. The molecule has 0 spiro atoms. The number of rotatable bonds is 8. The number of hydrogen-bond acceptors (Lipinski definition) is 2. The van der Waals surface area contributed by atoms with Crippen LogP contribution in [0.5, 0.6) is 0 Å². The molecule has 1 rings (SSSR count). The van der Waals surface area contributed by atoms with Crippen LogP contribution in [0.2, 0.25) is 0 Å². The van der Waals surface area contributed by atoms with Gasteiger partial charge in [-0.2, -0.15) is 0 Å². The lowest BCUT2D eigenvalue weighted by Gasteiger charge is -2.12. The molecule has 0 saturated carbocycles. The lowest BCUT2D eigenvalue weighted by molar-refractivity contribution is -0.123. The van der Waals surface area contributed by atoms with Gasteiger partial charge in [0.15, 0.2) is 5.96 Å². The first-order valence-corrected chi connectivity index (χ1v) is 7.58. The Hall–Kier alpha value is -1.57. The maximum absolute atomic E-state index is 11.5. The van der Waals surface area contributed by atoms with E-state index in [-0.39, 0.29) is 35.8 Å². The van der Waals surface area contributed by atoms with Crippen molar-refractivity contribution in [2.45, 2.75) is 20.4 Å². The molecular formula is C17H27IN4O. The zero-order chi connectivity index (χ0) is 16.2. The molecule has 0 atom stereocenters. The molecule has 0 heterocycles. The Morgan fingerprint density at radius 2 is 1.83 bits per heavy atom. The summed E-state index contributed by atoms with van der Waals surface area (Å²) in [6.45, 7) is 9.87. The second-order valence-electron chi connectivity index (χ2n) is 5.19. The largest absolute Gasteiger partial charge is 0.355 e. The lowest BCUT2D eigenvalue weighted by atomic mass is 10.2. The molecule has 6 heteroatoms. The number of aliphatic imine (C=N–C) groups is 1. The van der Waals surface area contributed by atoms with Gasteiger partial charge < -0.3 is 16.0 Å². The van der Waals surface area contributed by atoms with Crippen molar-refractivity contribution in [3.63, 3.8) is 0 Å². The quantitative estimate of drug-likeness (QED) is 0.195. The van der Waals surface area contributed by atoms with Crippen molar-refractivity contribution in [3.8, 4) is 0 Å². The number of carbonyl (C=O) groups is 1. The van der Waals surface area contributed by atoms with Gasteiger partial charge in [-0.3, -0.25) is 4.79 Å². The van der Waals surface area contributed by atoms with E-state index in [4.69, 9.17) is 0 Å². The summed E-state index contributed by atoms with van der Waals surface area (Å²) in [6.07, 6.45) is 1.78. The van der Waals surface area contributed by atoms with E-state index in [0.29, 0.717) is 32.1 Å². The van der Waals surface area contributed by atoms with Gasteiger partial charge in [-0.05, 0) is 5.56 Å². The summed E-state index contributed by atoms with van der Waals surface area (Å²) in [5.41, 5.74) is 1.15. The van der Waals surface area contributed by atoms with Crippen LogP contribution >= 0.6 is 24.0 Å². The summed E-state index contributed by atoms with van der Waals surface area (Å²) in [5, 5.41) is 9.22. The fraction of sp³-hybridized carbons (Fsp3) is 0.412. The van der Waals surface area contributed by atoms with Crippen LogP contribution in [0.15, 0.2) is 48.0 Å². The van der Waals surface area contributed by atoms with E-state index in [2.05, 4.69) is 27.5 Å². The number of amides is 1. The van der Waals surface area contributed by atoms with Gasteiger partial charge >= 0.3 is 0 Å². The third-order valence-corrected chi connectivity index (χ3v) is 2.92. The van der Waals surface area contributed by atoms with Gasteiger partial charge in [-0.25, -0.2) is 4.99 Å². The summed E-state index contributed by atoms with van der Waals surface area (Å²) < 4.78 is 0. The van der Waals surface area contributed by atoms with Crippen LogP contribution < -0.4 is 16.0 Å². The predicted octanol–water partition coefficient (Wildman–Crippen LogP) is 2.30. The number of guanidine groups is 1. The second-order valence-corrected chi connectivity index (χ2v) is 5.19. The highest BCUT2D eigenvalue weighted by atomic mass is 127. The Morgan fingerprint density at radius 1 is 1.17 bits per heavy atom. The Balaban J connectivity index is 0.00000484. The van der Waals surface area contributed by atoms with E-state index < -0.39 is 0 Å². The van der Waals surface area contributed by atoms with Gasteiger partial charge in [0.1, 0.15) is 0 Å². The fourth-order valence-electron chi connectivity index (χ4n) is 1.67. The van der Waals surface area contributed by atoms with Crippen molar-refractivity contribution in [1.82, 2.24) is 16.0 Å². The van der Waals surface area contributed by atoms with Crippen LogP contribution in [0.3, 0.4) is 0 Å². The summed E-state index contributed by atoms with van der Waals surface area (Å²) in [7, 11) is 0. The highest BCUT2D eigenvalue weighted by Crippen LogP contribution is 1.99. The smallest absolute Gasteiger partial charge is 0.222 e. The molecule has 0 bridgehead atoms. The average Bonchev–Trinajstić information content (AvgIpc) is 2.53. The number of benzene rings is 1. The molecule has 1 aromatic carbocycles.